The molecule has 1 aliphatic carbocycles. The minimum Gasteiger partial charge on any atom is -0.468 e. The summed E-state index contributed by atoms with van der Waals surface area (Å²) in [7, 11) is 1.43. The van der Waals surface area contributed by atoms with Crippen LogP contribution in [0.15, 0.2) is 5.11 Å². The van der Waals surface area contributed by atoms with Crippen molar-refractivity contribution in [2.24, 2.45) is 11.0 Å². The highest BCUT2D eigenvalue weighted by molar-refractivity contribution is 5.81. The Bertz CT molecular complexity index is 315. The van der Waals surface area contributed by atoms with Crippen molar-refractivity contribution in [3.63, 3.8) is 0 Å². The van der Waals surface area contributed by atoms with Crippen LogP contribution in [0.2, 0.25) is 0 Å². The molecule has 1 rings (SSSR count). The monoisotopic (exact) mass is 240 g/mol. The molecule has 1 aliphatic rings. The van der Waals surface area contributed by atoms with E-state index < -0.39 is 5.54 Å². The van der Waals surface area contributed by atoms with Gasteiger partial charge in [0.1, 0.15) is 5.54 Å². The van der Waals surface area contributed by atoms with Gasteiger partial charge in [0.25, 0.3) is 0 Å². The van der Waals surface area contributed by atoms with Crippen molar-refractivity contribution in [3.05, 3.63) is 10.4 Å². The van der Waals surface area contributed by atoms with Crippen molar-refractivity contribution in [1.82, 2.24) is 5.32 Å². The van der Waals surface area contributed by atoms with Gasteiger partial charge in [-0.15, -0.1) is 0 Å². The van der Waals surface area contributed by atoms with Gasteiger partial charge in [-0.3, -0.25) is 4.79 Å². The van der Waals surface area contributed by atoms with Crippen molar-refractivity contribution >= 4 is 5.97 Å². The molecule has 0 radical (unpaired) electrons. The molecule has 0 aromatic carbocycles. The van der Waals surface area contributed by atoms with E-state index in [1.54, 1.807) is 0 Å². The van der Waals surface area contributed by atoms with Crippen LogP contribution in [0.4, 0.5) is 0 Å². The number of rotatable bonds is 6. The first-order chi connectivity index (χ1) is 8.14. The van der Waals surface area contributed by atoms with Crippen LogP contribution in [-0.4, -0.2) is 31.7 Å². The minimum atomic E-state index is -0.523. The van der Waals surface area contributed by atoms with Gasteiger partial charge in [0.15, 0.2) is 0 Å². The SMILES string of the molecule is COC(=O)C1(NCCCN=[N+]=[N-])CCC(C)C1. The molecule has 2 atom stereocenters. The molecule has 0 bridgehead atoms. The van der Waals surface area contributed by atoms with Crippen molar-refractivity contribution in [2.75, 3.05) is 20.2 Å². The molecular weight excluding hydrogens is 220 g/mol. The first kappa shape index (κ1) is 13.8. The highest BCUT2D eigenvalue weighted by Crippen LogP contribution is 2.35. The van der Waals surface area contributed by atoms with Gasteiger partial charge in [-0.25, -0.2) is 0 Å². The molecule has 0 aromatic heterocycles. The van der Waals surface area contributed by atoms with Crippen molar-refractivity contribution < 1.29 is 9.53 Å². The van der Waals surface area contributed by atoms with E-state index >= 15 is 0 Å². The molecule has 6 heteroatoms. The van der Waals surface area contributed by atoms with Crippen LogP contribution >= 0.6 is 0 Å². The Kier molecular flexibility index (Phi) is 5.25. The molecule has 1 N–H and O–H groups in total. The van der Waals surface area contributed by atoms with Gasteiger partial charge >= 0.3 is 5.97 Å². The van der Waals surface area contributed by atoms with Gasteiger partial charge in [0, 0.05) is 11.5 Å². The second-order valence-electron chi connectivity index (χ2n) is 4.66. The average Bonchev–Trinajstić information content (AvgIpc) is 2.71. The van der Waals surface area contributed by atoms with Gasteiger partial charge < -0.3 is 10.1 Å². The van der Waals surface area contributed by atoms with Crippen LogP contribution in [0, 0.1) is 5.92 Å². The summed E-state index contributed by atoms with van der Waals surface area (Å²) in [6.07, 6.45) is 3.42. The van der Waals surface area contributed by atoms with E-state index in [4.69, 9.17) is 10.3 Å². The first-order valence-corrected chi connectivity index (χ1v) is 5.99. The van der Waals surface area contributed by atoms with Crippen LogP contribution in [0.5, 0.6) is 0 Å². The Balaban J connectivity index is 2.48. The molecule has 0 spiro atoms. The van der Waals surface area contributed by atoms with Gasteiger partial charge in [0.05, 0.1) is 7.11 Å². The Hall–Kier alpha value is -1.26. The zero-order valence-electron chi connectivity index (χ0n) is 10.5. The maximum absolute atomic E-state index is 11.8. The van der Waals surface area contributed by atoms with Gasteiger partial charge in [-0.05, 0) is 43.7 Å². The zero-order valence-corrected chi connectivity index (χ0v) is 10.5. The fourth-order valence-electron chi connectivity index (χ4n) is 2.43. The van der Waals surface area contributed by atoms with Crippen LogP contribution in [0.3, 0.4) is 0 Å². The maximum Gasteiger partial charge on any atom is 0.326 e. The van der Waals surface area contributed by atoms with E-state index in [0.29, 0.717) is 19.0 Å². The smallest absolute Gasteiger partial charge is 0.326 e. The summed E-state index contributed by atoms with van der Waals surface area (Å²) in [6.45, 7) is 3.27. The number of azide groups is 1. The third-order valence-electron chi connectivity index (χ3n) is 3.30. The van der Waals surface area contributed by atoms with E-state index in [-0.39, 0.29) is 5.97 Å². The summed E-state index contributed by atoms with van der Waals surface area (Å²) in [5, 5.41) is 6.74. The molecule has 0 heterocycles. The standard InChI is InChI=1S/C11H20N4O2/c1-9-4-5-11(8-9,10(16)17-2)13-6-3-7-14-15-12/h9,13H,3-8H2,1-2H3. The maximum atomic E-state index is 11.8. The quantitative estimate of drug-likeness (QED) is 0.253. The normalized spacial score (nSPS) is 27.5. The number of hydrogen-bond donors (Lipinski definition) is 1. The largest absolute Gasteiger partial charge is 0.468 e. The summed E-state index contributed by atoms with van der Waals surface area (Å²) in [5.41, 5.74) is 7.63. The fraction of sp³-hybridized carbons (Fsp3) is 0.909. The average molecular weight is 240 g/mol. The minimum absolute atomic E-state index is 0.175. The van der Waals surface area contributed by atoms with E-state index in [0.717, 1.165) is 25.7 Å². The number of carbonyl (C=O) groups is 1. The number of hydrogen-bond acceptors (Lipinski definition) is 4. The molecule has 6 nitrogen and oxygen atoms in total. The van der Waals surface area contributed by atoms with E-state index in [1.807, 2.05) is 0 Å². The number of esters is 1. The Morgan fingerprint density at radius 2 is 2.47 bits per heavy atom. The number of nitrogens with one attached hydrogen (secondary N) is 1. The highest BCUT2D eigenvalue weighted by Gasteiger charge is 2.44. The van der Waals surface area contributed by atoms with E-state index in [2.05, 4.69) is 22.3 Å². The summed E-state index contributed by atoms with van der Waals surface area (Å²) in [6, 6.07) is 0. The predicted molar refractivity (Wildman–Crippen MR) is 64.4 cm³/mol. The molecule has 2 unspecified atom stereocenters. The topological polar surface area (TPSA) is 87.1 Å². The van der Waals surface area contributed by atoms with Crippen LogP contribution in [0.1, 0.15) is 32.6 Å². The van der Waals surface area contributed by atoms with Gasteiger partial charge in [-0.2, -0.15) is 0 Å². The molecule has 17 heavy (non-hydrogen) atoms. The van der Waals surface area contributed by atoms with Crippen LogP contribution in [-0.2, 0) is 9.53 Å². The Morgan fingerprint density at radius 3 is 3.00 bits per heavy atom. The van der Waals surface area contributed by atoms with E-state index in [9.17, 15) is 4.79 Å². The summed E-state index contributed by atoms with van der Waals surface area (Å²) in [4.78, 5) is 14.5. The molecule has 0 amide bonds. The molecular formula is C11H20N4O2. The van der Waals surface area contributed by atoms with Crippen molar-refractivity contribution in [2.45, 2.75) is 38.1 Å². The van der Waals surface area contributed by atoms with Gasteiger partial charge in [-0.1, -0.05) is 12.0 Å². The third kappa shape index (κ3) is 3.61. The van der Waals surface area contributed by atoms with Crippen molar-refractivity contribution in [3.8, 4) is 0 Å². The number of carbonyl (C=O) groups excluding carboxylic acids is 1. The number of methoxy groups -OCH3 is 1. The van der Waals surface area contributed by atoms with Gasteiger partial charge in [0.2, 0.25) is 0 Å². The molecule has 0 aliphatic heterocycles. The lowest BCUT2D eigenvalue weighted by Gasteiger charge is -2.27. The van der Waals surface area contributed by atoms with E-state index in [1.165, 1.54) is 7.11 Å². The Labute approximate surface area is 101 Å². The molecule has 0 aromatic rings. The predicted octanol–water partition coefficient (Wildman–Crippen LogP) is 2.01. The number of nitrogens with zero attached hydrogens (tertiary/aromatic N) is 3. The van der Waals surface area contributed by atoms with Crippen LogP contribution in [0.25, 0.3) is 10.4 Å². The Morgan fingerprint density at radius 1 is 1.71 bits per heavy atom. The fourth-order valence-corrected chi connectivity index (χ4v) is 2.43. The lowest BCUT2D eigenvalue weighted by atomic mass is 9.96. The summed E-state index contributed by atoms with van der Waals surface area (Å²) in [5.74, 6) is 0.365. The number of ether oxygens (including phenoxy) is 1. The summed E-state index contributed by atoms with van der Waals surface area (Å²) >= 11 is 0. The second-order valence-corrected chi connectivity index (χ2v) is 4.66. The van der Waals surface area contributed by atoms with Crippen LogP contribution < -0.4 is 5.32 Å². The second kappa shape index (κ2) is 6.47. The van der Waals surface area contributed by atoms with Crippen molar-refractivity contribution in [1.29, 1.82) is 0 Å². The molecule has 1 fully saturated rings. The highest BCUT2D eigenvalue weighted by atomic mass is 16.5. The first-order valence-electron chi connectivity index (χ1n) is 5.99. The molecule has 0 saturated heterocycles. The molecule has 96 valence electrons. The lowest BCUT2D eigenvalue weighted by molar-refractivity contribution is -0.148. The zero-order chi connectivity index (χ0) is 12.7. The third-order valence-corrected chi connectivity index (χ3v) is 3.30. The molecule has 1 saturated carbocycles. The lowest BCUT2D eigenvalue weighted by Crippen LogP contribution is -2.51. The summed E-state index contributed by atoms with van der Waals surface area (Å²) < 4.78 is 4.88.